The number of alkyl halides is 3. The zero-order valence-electron chi connectivity index (χ0n) is 20.1. The van der Waals surface area contributed by atoms with E-state index in [9.17, 15) is 27.2 Å². The lowest BCUT2D eigenvalue weighted by Gasteiger charge is -2.38. The smallest absolute Gasteiger partial charge is 0.368 e. The molecule has 196 valence electrons. The van der Waals surface area contributed by atoms with Gasteiger partial charge in [-0.05, 0) is 49.4 Å². The minimum absolute atomic E-state index is 0.114. The number of pyridine rings is 1. The van der Waals surface area contributed by atoms with Gasteiger partial charge in [0.1, 0.15) is 5.82 Å². The molecule has 1 atom stereocenters. The van der Waals surface area contributed by atoms with Crippen LogP contribution in [0.1, 0.15) is 47.2 Å². The summed E-state index contributed by atoms with van der Waals surface area (Å²) in [5, 5.41) is 3.25. The summed E-state index contributed by atoms with van der Waals surface area (Å²) < 4.78 is 54.7. The van der Waals surface area contributed by atoms with Crippen LogP contribution in [0.2, 0.25) is 0 Å². The van der Waals surface area contributed by atoms with Crippen LogP contribution in [0.3, 0.4) is 0 Å². The topological polar surface area (TPSA) is 94.2 Å². The molecule has 2 aliphatic rings. The average molecular weight is 519 g/mol. The van der Waals surface area contributed by atoms with E-state index >= 15 is 0 Å². The van der Waals surface area contributed by atoms with Crippen molar-refractivity contribution in [3.05, 3.63) is 63.8 Å². The number of hydrogen-bond donors (Lipinski definition) is 2. The number of carbonyl (C=O) groups is 1. The van der Waals surface area contributed by atoms with Crippen molar-refractivity contribution < 1.29 is 22.4 Å². The molecule has 0 saturated carbocycles. The van der Waals surface area contributed by atoms with Crippen LogP contribution in [-0.2, 0) is 6.18 Å². The van der Waals surface area contributed by atoms with Gasteiger partial charge in [-0.15, -0.1) is 0 Å². The van der Waals surface area contributed by atoms with Crippen LogP contribution in [0, 0.1) is 5.82 Å². The molecule has 4 heterocycles. The van der Waals surface area contributed by atoms with Crippen LogP contribution in [0.4, 0.5) is 23.2 Å². The lowest BCUT2D eigenvalue weighted by atomic mass is 10.0. The minimum atomic E-state index is -4.72. The van der Waals surface area contributed by atoms with Gasteiger partial charge < -0.3 is 15.2 Å². The standard InChI is InChI=1S/C25H26F4N6O2/c1-30-24(37)22-31-12-20(21(33-22)25(27,28)29)34-8-5-17(6-9-34)35-7-4-15(13-35)19-10-14-2-3-16(26)11-18(14)23(36)32-19/h2-3,10-12,15,17H,4-9,13H2,1H3,(H,30,37)(H,32,36). The second-order valence-corrected chi connectivity index (χ2v) is 9.49. The first kappa shape index (κ1) is 25.1. The van der Waals surface area contributed by atoms with Crippen LogP contribution in [0.25, 0.3) is 10.8 Å². The van der Waals surface area contributed by atoms with E-state index in [1.807, 2.05) is 6.07 Å². The van der Waals surface area contributed by atoms with Gasteiger partial charge >= 0.3 is 6.18 Å². The Morgan fingerprint density at radius 3 is 2.59 bits per heavy atom. The Kier molecular flexibility index (Phi) is 6.61. The molecular formula is C25H26F4N6O2. The maximum Gasteiger partial charge on any atom is 0.435 e. The fourth-order valence-electron chi connectivity index (χ4n) is 5.35. The van der Waals surface area contributed by atoms with E-state index in [0.29, 0.717) is 36.7 Å². The lowest BCUT2D eigenvalue weighted by Crippen LogP contribution is -2.44. The molecule has 0 bridgehead atoms. The van der Waals surface area contributed by atoms with Crippen molar-refractivity contribution in [2.24, 2.45) is 0 Å². The number of benzene rings is 1. The summed E-state index contributed by atoms with van der Waals surface area (Å²) in [5.41, 5.74) is -0.736. The molecule has 2 fully saturated rings. The second-order valence-electron chi connectivity index (χ2n) is 9.49. The van der Waals surface area contributed by atoms with E-state index in [2.05, 4.69) is 25.2 Å². The summed E-state index contributed by atoms with van der Waals surface area (Å²) >= 11 is 0. The highest BCUT2D eigenvalue weighted by atomic mass is 19.4. The summed E-state index contributed by atoms with van der Waals surface area (Å²) in [5.74, 6) is -1.64. The van der Waals surface area contributed by atoms with Crippen molar-refractivity contribution in [2.45, 2.75) is 37.4 Å². The van der Waals surface area contributed by atoms with E-state index in [1.165, 1.54) is 19.2 Å². The van der Waals surface area contributed by atoms with Crippen molar-refractivity contribution in [3.63, 3.8) is 0 Å². The van der Waals surface area contributed by atoms with E-state index in [1.54, 1.807) is 11.0 Å². The van der Waals surface area contributed by atoms with Gasteiger partial charge in [0.2, 0.25) is 5.82 Å². The number of H-pyrrole nitrogens is 1. The first-order chi connectivity index (χ1) is 17.6. The Morgan fingerprint density at radius 1 is 1.14 bits per heavy atom. The first-order valence-electron chi connectivity index (χ1n) is 12.1. The molecule has 37 heavy (non-hydrogen) atoms. The number of aromatic nitrogens is 3. The van der Waals surface area contributed by atoms with Crippen LogP contribution in [-0.4, -0.2) is 65.0 Å². The second kappa shape index (κ2) is 9.73. The average Bonchev–Trinajstić information content (AvgIpc) is 3.38. The van der Waals surface area contributed by atoms with Crippen LogP contribution >= 0.6 is 0 Å². The summed E-state index contributed by atoms with van der Waals surface area (Å²) in [4.78, 5) is 38.4. The highest BCUT2D eigenvalue weighted by Gasteiger charge is 2.39. The molecule has 0 radical (unpaired) electrons. The molecule has 1 unspecified atom stereocenters. The molecule has 2 saturated heterocycles. The fraction of sp³-hybridized carbons (Fsp3) is 0.440. The Balaban J connectivity index is 1.26. The number of amides is 1. The predicted octanol–water partition coefficient (Wildman–Crippen LogP) is 3.29. The van der Waals surface area contributed by atoms with E-state index in [0.717, 1.165) is 31.4 Å². The van der Waals surface area contributed by atoms with Gasteiger partial charge in [-0.25, -0.2) is 14.4 Å². The van der Waals surface area contributed by atoms with Crippen molar-refractivity contribution in [2.75, 3.05) is 38.1 Å². The number of rotatable bonds is 4. The number of piperidine rings is 1. The number of anilines is 1. The molecule has 2 aliphatic heterocycles. The molecule has 2 aromatic heterocycles. The molecule has 3 aromatic rings. The zero-order valence-corrected chi connectivity index (χ0v) is 20.1. The molecule has 0 aliphatic carbocycles. The summed E-state index contributed by atoms with van der Waals surface area (Å²) in [6.45, 7) is 2.34. The predicted molar refractivity (Wildman–Crippen MR) is 129 cm³/mol. The van der Waals surface area contributed by atoms with Crippen molar-refractivity contribution >= 4 is 22.4 Å². The highest BCUT2D eigenvalue weighted by Crippen LogP contribution is 2.37. The number of likely N-dealkylation sites (tertiary alicyclic amines) is 1. The quantitative estimate of drug-likeness (QED) is 0.515. The van der Waals surface area contributed by atoms with Crippen molar-refractivity contribution in [1.82, 2.24) is 25.2 Å². The molecule has 5 rings (SSSR count). The van der Waals surface area contributed by atoms with Crippen molar-refractivity contribution in [1.29, 1.82) is 0 Å². The first-order valence-corrected chi connectivity index (χ1v) is 12.1. The minimum Gasteiger partial charge on any atom is -0.368 e. The fourth-order valence-corrected chi connectivity index (χ4v) is 5.35. The van der Waals surface area contributed by atoms with Gasteiger partial charge in [-0.1, -0.05) is 6.07 Å². The Labute approximate surface area is 209 Å². The number of hydrogen-bond acceptors (Lipinski definition) is 6. The monoisotopic (exact) mass is 518 g/mol. The zero-order chi connectivity index (χ0) is 26.3. The van der Waals surface area contributed by atoms with E-state index in [-0.39, 0.29) is 23.2 Å². The van der Waals surface area contributed by atoms with Crippen LogP contribution < -0.4 is 15.8 Å². The lowest BCUT2D eigenvalue weighted by molar-refractivity contribution is -0.140. The number of aromatic amines is 1. The number of fused-ring (bicyclic) bond motifs is 1. The largest absolute Gasteiger partial charge is 0.435 e. The SMILES string of the molecule is CNC(=O)c1ncc(N2CCC(N3CCC(c4cc5ccc(F)cc5c(=O)[nH]4)C3)CC2)c(C(F)(F)F)n1. The van der Waals surface area contributed by atoms with Gasteiger partial charge in [-0.2, -0.15) is 13.2 Å². The van der Waals surface area contributed by atoms with Gasteiger partial charge in [-0.3, -0.25) is 14.5 Å². The molecule has 12 heteroatoms. The number of nitrogens with one attached hydrogen (secondary N) is 2. The van der Waals surface area contributed by atoms with E-state index in [4.69, 9.17) is 0 Å². The van der Waals surface area contributed by atoms with E-state index < -0.39 is 29.4 Å². The highest BCUT2D eigenvalue weighted by molar-refractivity contribution is 5.90. The molecule has 1 amide bonds. The normalized spacial score (nSPS) is 19.5. The summed E-state index contributed by atoms with van der Waals surface area (Å²) in [6, 6.07) is 6.26. The van der Waals surface area contributed by atoms with Crippen LogP contribution in [0.15, 0.2) is 35.3 Å². The van der Waals surface area contributed by atoms with Gasteiger partial charge in [0.25, 0.3) is 11.5 Å². The van der Waals surface area contributed by atoms with Gasteiger partial charge in [0.05, 0.1) is 11.9 Å². The van der Waals surface area contributed by atoms with Crippen molar-refractivity contribution in [3.8, 4) is 0 Å². The summed E-state index contributed by atoms with van der Waals surface area (Å²) in [7, 11) is 1.30. The third kappa shape index (κ3) is 5.02. The Hall–Kier alpha value is -3.54. The number of halogens is 4. The third-order valence-corrected chi connectivity index (χ3v) is 7.28. The third-order valence-electron chi connectivity index (χ3n) is 7.28. The number of nitrogens with zero attached hydrogens (tertiary/aromatic N) is 4. The molecule has 1 aromatic carbocycles. The molecule has 0 spiro atoms. The molecular weight excluding hydrogens is 492 g/mol. The Morgan fingerprint density at radius 2 is 1.89 bits per heavy atom. The maximum atomic E-state index is 13.7. The summed E-state index contributed by atoms with van der Waals surface area (Å²) in [6.07, 6.45) is -1.48. The maximum absolute atomic E-state index is 13.7. The molecule has 2 N–H and O–H groups in total. The van der Waals surface area contributed by atoms with Gasteiger partial charge in [0, 0.05) is 49.7 Å². The number of carbonyl (C=O) groups excluding carboxylic acids is 1. The van der Waals surface area contributed by atoms with Crippen LogP contribution in [0.5, 0.6) is 0 Å². The Bertz CT molecular complexity index is 1380. The molecule has 8 nitrogen and oxygen atoms in total. The van der Waals surface area contributed by atoms with Gasteiger partial charge in [0.15, 0.2) is 5.69 Å².